The number of aromatic nitrogens is 1. The molecule has 2 rings (SSSR count). The maximum Gasteiger partial charge on any atom is 0.337 e. The number of amides is 1. The second-order valence-electron chi connectivity index (χ2n) is 4.08. The van der Waals surface area contributed by atoms with Gasteiger partial charge in [-0.3, -0.25) is 4.79 Å². The number of ether oxygens (including phenoxy) is 2. The Morgan fingerprint density at radius 3 is 2.43 bits per heavy atom. The summed E-state index contributed by atoms with van der Waals surface area (Å²) >= 11 is 0. The van der Waals surface area contributed by atoms with E-state index in [1.54, 1.807) is 42.6 Å². The van der Waals surface area contributed by atoms with Gasteiger partial charge < -0.3 is 14.8 Å². The minimum atomic E-state index is -0.429. The molecule has 0 aliphatic carbocycles. The third-order valence-electron chi connectivity index (χ3n) is 2.77. The van der Waals surface area contributed by atoms with Crippen molar-refractivity contribution in [3.05, 3.63) is 53.7 Å². The summed E-state index contributed by atoms with van der Waals surface area (Å²) in [6, 6.07) is 9.64. The molecule has 108 valence electrons. The van der Waals surface area contributed by atoms with Crippen molar-refractivity contribution < 1.29 is 19.1 Å². The van der Waals surface area contributed by atoms with Gasteiger partial charge in [0.25, 0.3) is 5.91 Å². The fourth-order valence-corrected chi connectivity index (χ4v) is 1.73. The lowest BCUT2D eigenvalue weighted by Crippen LogP contribution is -2.14. The Hall–Kier alpha value is -2.89. The second-order valence-corrected chi connectivity index (χ2v) is 4.08. The molecule has 0 aliphatic heterocycles. The van der Waals surface area contributed by atoms with Crippen molar-refractivity contribution in [2.24, 2.45) is 0 Å². The van der Waals surface area contributed by atoms with Gasteiger partial charge >= 0.3 is 5.97 Å². The third-order valence-corrected chi connectivity index (χ3v) is 2.77. The molecular formula is C15H14N2O4. The first-order valence-electron chi connectivity index (χ1n) is 6.14. The molecule has 0 saturated heterocycles. The summed E-state index contributed by atoms with van der Waals surface area (Å²) in [5.41, 5.74) is 1.30. The molecule has 1 amide bonds. The van der Waals surface area contributed by atoms with Crippen molar-refractivity contribution in [2.75, 3.05) is 19.5 Å². The summed E-state index contributed by atoms with van der Waals surface area (Å²) < 4.78 is 9.64. The Balaban J connectivity index is 2.14. The fourth-order valence-electron chi connectivity index (χ4n) is 1.73. The number of rotatable bonds is 4. The van der Waals surface area contributed by atoms with E-state index in [2.05, 4.69) is 15.0 Å². The van der Waals surface area contributed by atoms with Gasteiger partial charge in [0.05, 0.1) is 19.8 Å². The molecule has 2 aromatic rings. The quantitative estimate of drug-likeness (QED) is 0.871. The lowest BCUT2D eigenvalue weighted by Gasteiger charge is -2.08. The van der Waals surface area contributed by atoms with Crippen molar-refractivity contribution in [3.63, 3.8) is 0 Å². The predicted octanol–water partition coefficient (Wildman–Crippen LogP) is 2.13. The van der Waals surface area contributed by atoms with Crippen LogP contribution >= 0.6 is 0 Å². The van der Waals surface area contributed by atoms with Crippen LogP contribution in [0, 0.1) is 0 Å². The van der Waals surface area contributed by atoms with Gasteiger partial charge in [-0.25, -0.2) is 9.78 Å². The highest BCUT2D eigenvalue weighted by atomic mass is 16.5. The number of benzene rings is 1. The Morgan fingerprint density at radius 2 is 1.81 bits per heavy atom. The molecule has 1 aromatic carbocycles. The highest BCUT2D eigenvalue weighted by molar-refractivity contribution is 6.06. The molecular weight excluding hydrogens is 272 g/mol. The molecule has 6 heteroatoms. The standard InChI is InChI=1S/C15H14N2O4/c1-20-14-12(4-3-9-16-14)13(18)17-11-7-5-10(6-8-11)15(19)21-2/h3-9H,1-2H3,(H,17,18). The van der Waals surface area contributed by atoms with Gasteiger partial charge in [-0.05, 0) is 36.4 Å². The van der Waals surface area contributed by atoms with Gasteiger partial charge in [-0.2, -0.15) is 0 Å². The maximum absolute atomic E-state index is 12.1. The summed E-state index contributed by atoms with van der Waals surface area (Å²) in [5.74, 6) is -0.520. The van der Waals surface area contributed by atoms with Gasteiger partial charge in [0.2, 0.25) is 5.88 Å². The molecule has 1 N–H and O–H groups in total. The van der Waals surface area contributed by atoms with Gasteiger partial charge in [0, 0.05) is 11.9 Å². The zero-order valence-electron chi connectivity index (χ0n) is 11.6. The Morgan fingerprint density at radius 1 is 1.10 bits per heavy atom. The number of esters is 1. The fraction of sp³-hybridized carbons (Fsp3) is 0.133. The Kier molecular flexibility index (Phi) is 4.50. The zero-order valence-corrected chi connectivity index (χ0v) is 11.6. The van der Waals surface area contributed by atoms with Crippen molar-refractivity contribution in [3.8, 4) is 5.88 Å². The monoisotopic (exact) mass is 286 g/mol. The van der Waals surface area contributed by atoms with Crippen molar-refractivity contribution in [1.82, 2.24) is 4.98 Å². The van der Waals surface area contributed by atoms with Crippen LogP contribution in [0.3, 0.4) is 0 Å². The molecule has 0 aliphatic rings. The Bertz CT molecular complexity index is 653. The molecule has 1 heterocycles. The molecule has 21 heavy (non-hydrogen) atoms. The molecule has 6 nitrogen and oxygen atoms in total. The van der Waals surface area contributed by atoms with Gasteiger partial charge in [-0.1, -0.05) is 0 Å². The molecule has 0 spiro atoms. The SMILES string of the molecule is COC(=O)c1ccc(NC(=O)c2cccnc2OC)cc1. The van der Waals surface area contributed by atoms with E-state index in [0.717, 1.165) is 0 Å². The average molecular weight is 286 g/mol. The zero-order chi connectivity index (χ0) is 15.2. The van der Waals surface area contributed by atoms with Crippen LogP contribution in [0.25, 0.3) is 0 Å². The lowest BCUT2D eigenvalue weighted by atomic mass is 10.2. The number of anilines is 1. The number of carbonyl (C=O) groups excluding carboxylic acids is 2. The summed E-state index contributed by atoms with van der Waals surface area (Å²) in [6.07, 6.45) is 1.54. The topological polar surface area (TPSA) is 77.5 Å². The number of carbonyl (C=O) groups is 2. The van der Waals surface area contributed by atoms with E-state index in [4.69, 9.17) is 4.74 Å². The van der Waals surface area contributed by atoms with Crippen LogP contribution in [0.1, 0.15) is 20.7 Å². The van der Waals surface area contributed by atoms with Crippen LogP contribution in [0.15, 0.2) is 42.6 Å². The summed E-state index contributed by atoms with van der Waals surface area (Å²) in [7, 11) is 2.76. The van der Waals surface area contributed by atoms with E-state index in [9.17, 15) is 9.59 Å². The molecule has 0 fully saturated rings. The highest BCUT2D eigenvalue weighted by Gasteiger charge is 2.13. The van der Waals surface area contributed by atoms with Gasteiger partial charge in [0.1, 0.15) is 5.56 Å². The van der Waals surface area contributed by atoms with Gasteiger partial charge in [0.15, 0.2) is 0 Å². The van der Waals surface area contributed by atoms with Crippen LogP contribution in [0.5, 0.6) is 5.88 Å². The molecule has 1 aromatic heterocycles. The van der Waals surface area contributed by atoms with Crippen molar-refractivity contribution in [2.45, 2.75) is 0 Å². The molecule has 0 atom stereocenters. The number of pyridine rings is 1. The van der Waals surface area contributed by atoms with Gasteiger partial charge in [-0.15, -0.1) is 0 Å². The number of hydrogen-bond donors (Lipinski definition) is 1. The summed E-state index contributed by atoms with van der Waals surface area (Å²) in [6.45, 7) is 0. The third kappa shape index (κ3) is 3.36. The largest absolute Gasteiger partial charge is 0.480 e. The van der Waals surface area contributed by atoms with E-state index in [1.165, 1.54) is 14.2 Å². The predicted molar refractivity (Wildman–Crippen MR) is 76.5 cm³/mol. The van der Waals surface area contributed by atoms with Crippen molar-refractivity contribution >= 4 is 17.6 Å². The van der Waals surface area contributed by atoms with Crippen LogP contribution in [0.4, 0.5) is 5.69 Å². The minimum absolute atomic E-state index is 0.251. The summed E-state index contributed by atoms with van der Waals surface area (Å²) in [5, 5.41) is 2.71. The maximum atomic E-state index is 12.1. The van der Waals surface area contributed by atoms with Crippen LogP contribution in [-0.4, -0.2) is 31.1 Å². The normalized spacial score (nSPS) is 9.81. The van der Waals surface area contributed by atoms with E-state index < -0.39 is 5.97 Å². The molecule has 0 radical (unpaired) electrons. The highest BCUT2D eigenvalue weighted by Crippen LogP contribution is 2.17. The molecule has 0 unspecified atom stereocenters. The number of hydrogen-bond acceptors (Lipinski definition) is 5. The number of nitrogens with zero attached hydrogens (tertiary/aromatic N) is 1. The van der Waals surface area contributed by atoms with E-state index in [1.807, 2.05) is 0 Å². The summed E-state index contributed by atoms with van der Waals surface area (Å²) in [4.78, 5) is 27.4. The Labute approximate surface area is 121 Å². The molecule has 0 saturated carbocycles. The first-order chi connectivity index (χ1) is 10.2. The van der Waals surface area contributed by atoms with Crippen LogP contribution in [0.2, 0.25) is 0 Å². The first kappa shape index (κ1) is 14.5. The lowest BCUT2D eigenvalue weighted by molar-refractivity contribution is 0.0600. The molecule has 0 bridgehead atoms. The number of methoxy groups -OCH3 is 2. The second kappa shape index (κ2) is 6.51. The van der Waals surface area contributed by atoms with E-state index in [0.29, 0.717) is 16.8 Å². The minimum Gasteiger partial charge on any atom is -0.480 e. The number of nitrogens with one attached hydrogen (secondary N) is 1. The first-order valence-corrected chi connectivity index (χ1v) is 6.14. The smallest absolute Gasteiger partial charge is 0.337 e. The average Bonchev–Trinajstić information content (AvgIpc) is 2.54. The van der Waals surface area contributed by atoms with Crippen LogP contribution in [-0.2, 0) is 4.74 Å². The van der Waals surface area contributed by atoms with Crippen molar-refractivity contribution in [1.29, 1.82) is 0 Å². The van der Waals surface area contributed by atoms with E-state index in [-0.39, 0.29) is 11.8 Å². The van der Waals surface area contributed by atoms with E-state index >= 15 is 0 Å². The van der Waals surface area contributed by atoms with Crippen LogP contribution < -0.4 is 10.1 Å².